The van der Waals surface area contributed by atoms with Gasteiger partial charge in [0.1, 0.15) is 10.0 Å². The van der Waals surface area contributed by atoms with E-state index in [-0.39, 0.29) is 11.4 Å². The molecular weight excluding hydrogens is 306 g/mol. The summed E-state index contributed by atoms with van der Waals surface area (Å²) in [6.07, 6.45) is 0. The van der Waals surface area contributed by atoms with Crippen molar-refractivity contribution in [3.63, 3.8) is 0 Å². The van der Waals surface area contributed by atoms with Crippen molar-refractivity contribution in [2.75, 3.05) is 0 Å². The van der Waals surface area contributed by atoms with Crippen LogP contribution in [0.1, 0.15) is 15.6 Å². The van der Waals surface area contributed by atoms with Crippen molar-refractivity contribution in [2.24, 2.45) is 0 Å². The van der Waals surface area contributed by atoms with Crippen LogP contribution in [-0.4, -0.2) is 18.6 Å². The van der Waals surface area contributed by atoms with Gasteiger partial charge in [-0.1, -0.05) is 17.7 Å². The van der Waals surface area contributed by atoms with Crippen molar-refractivity contribution < 1.29 is 8.42 Å². The number of aryl methyl sites for hydroxylation is 2. The lowest BCUT2D eigenvalue weighted by Gasteiger charge is -2.06. The normalized spacial score (nSPS) is 11.7. The van der Waals surface area contributed by atoms with Crippen molar-refractivity contribution in [1.82, 2.24) is 14.9 Å². The van der Waals surface area contributed by atoms with E-state index in [1.165, 1.54) is 23.5 Å². The maximum atomic E-state index is 12.1. The summed E-state index contributed by atoms with van der Waals surface area (Å²) in [5, 5.41) is 9.54. The SMILES string of the molecule is Cc1nnc(CNS(=O)(=O)c2ccc(C)c(Cl)c2)s1. The average molecular weight is 318 g/mol. The van der Waals surface area contributed by atoms with Crippen LogP contribution in [0.3, 0.4) is 0 Å². The lowest BCUT2D eigenvalue weighted by Crippen LogP contribution is -2.23. The van der Waals surface area contributed by atoms with E-state index < -0.39 is 10.0 Å². The van der Waals surface area contributed by atoms with Crippen molar-refractivity contribution >= 4 is 33.0 Å². The van der Waals surface area contributed by atoms with Gasteiger partial charge in [-0.05, 0) is 31.5 Å². The molecule has 0 aliphatic carbocycles. The fourth-order valence-electron chi connectivity index (χ4n) is 1.39. The molecule has 0 aliphatic rings. The van der Waals surface area contributed by atoms with Crippen LogP contribution in [0.5, 0.6) is 0 Å². The number of nitrogens with zero attached hydrogens (tertiary/aromatic N) is 2. The molecule has 0 atom stereocenters. The number of aromatic nitrogens is 2. The summed E-state index contributed by atoms with van der Waals surface area (Å²) in [7, 11) is -3.58. The van der Waals surface area contributed by atoms with Crippen LogP contribution >= 0.6 is 22.9 Å². The van der Waals surface area contributed by atoms with E-state index in [0.29, 0.717) is 10.0 Å². The Kier molecular flexibility index (Phi) is 4.19. The van der Waals surface area contributed by atoms with Gasteiger partial charge in [0.2, 0.25) is 10.0 Å². The third-order valence-corrected chi connectivity index (χ3v) is 5.08. The number of halogens is 1. The molecule has 19 heavy (non-hydrogen) atoms. The second-order valence-electron chi connectivity index (χ2n) is 3.95. The van der Waals surface area contributed by atoms with Crippen molar-refractivity contribution in [3.05, 3.63) is 38.8 Å². The summed E-state index contributed by atoms with van der Waals surface area (Å²) < 4.78 is 26.6. The van der Waals surface area contributed by atoms with Gasteiger partial charge >= 0.3 is 0 Å². The largest absolute Gasteiger partial charge is 0.241 e. The first-order chi connectivity index (χ1) is 8.88. The zero-order valence-corrected chi connectivity index (χ0v) is 12.7. The molecule has 1 aromatic heterocycles. The third-order valence-electron chi connectivity index (χ3n) is 2.43. The summed E-state index contributed by atoms with van der Waals surface area (Å²) in [5.74, 6) is 0. The first-order valence-corrected chi connectivity index (χ1v) is 8.11. The fourth-order valence-corrected chi connectivity index (χ4v) is 3.39. The van der Waals surface area contributed by atoms with Gasteiger partial charge < -0.3 is 0 Å². The molecule has 102 valence electrons. The quantitative estimate of drug-likeness (QED) is 0.939. The van der Waals surface area contributed by atoms with Gasteiger partial charge in [-0.2, -0.15) is 0 Å². The van der Waals surface area contributed by atoms with Gasteiger partial charge in [0.25, 0.3) is 0 Å². The molecule has 0 bridgehead atoms. The molecule has 1 N–H and O–H groups in total. The Labute approximate surface area is 120 Å². The highest BCUT2D eigenvalue weighted by Gasteiger charge is 2.15. The molecule has 0 fully saturated rings. The number of benzene rings is 1. The maximum Gasteiger partial charge on any atom is 0.241 e. The van der Waals surface area contributed by atoms with Crippen LogP contribution in [0.2, 0.25) is 5.02 Å². The van der Waals surface area contributed by atoms with Crippen LogP contribution in [0.15, 0.2) is 23.1 Å². The monoisotopic (exact) mass is 317 g/mol. The van der Waals surface area contributed by atoms with Gasteiger partial charge in [-0.3, -0.25) is 0 Å². The molecule has 1 aromatic carbocycles. The van der Waals surface area contributed by atoms with Gasteiger partial charge in [0, 0.05) is 5.02 Å². The molecule has 0 amide bonds. The molecule has 0 unspecified atom stereocenters. The highest BCUT2D eigenvalue weighted by Crippen LogP contribution is 2.20. The van der Waals surface area contributed by atoms with Crippen molar-refractivity contribution in [1.29, 1.82) is 0 Å². The number of sulfonamides is 1. The molecule has 0 spiro atoms. The molecule has 0 aliphatic heterocycles. The second kappa shape index (κ2) is 5.54. The first kappa shape index (κ1) is 14.4. The highest BCUT2D eigenvalue weighted by molar-refractivity contribution is 7.89. The van der Waals surface area contributed by atoms with Gasteiger partial charge in [0.15, 0.2) is 0 Å². The predicted molar refractivity (Wildman–Crippen MR) is 74.9 cm³/mol. The van der Waals surface area contributed by atoms with Gasteiger partial charge in [0.05, 0.1) is 11.4 Å². The number of hydrogen-bond acceptors (Lipinski definition) is 5. The summed E-state index contributed by atoms with van der Waals surface area (Å²) in [6, 6.07) is 4.63. The third kappa shape index (κ3) is 3.50. The lowest BCUT2D eigenvalue weighted by atomic mass is 10.2. The topological polar surface area (TPSA) is 72.0 Å². The van der Waals surface area contributed by atoms with Crippen molar-refractivity contribution in [3.8, 4) is 0 Å². The minimum Gasteiger partial charge on any atom is -0.207 e. The van der Waals surface area contributed by atoms with Gasteiger partial charge in [-0.25, -0.2) is 13.1 Å². The van der Waals surface area contributed by atoms with E-state index in [1.54, 1.807) is 6.07 Å². The molecule has 2 aromatic rings. The minimum atomic E-state index is -3.58. The van der Waals surface area contributed by atoms with Crippen LogP contribution in [0, 0.1) is 13.8 Å². The van der Waals surface area contributed by atoms with E-state index in [2.05, 4.69) is 14.9 Å². The van der Waals surface area contributed by atoms with E-state index in [0.717, 1.165) is 10.6 Å². The Hall–Kier alpha value is -1.02. The van der Waals surface area contributed by atoms with Crippen LogP contribution in [-0.2, 0) is 16.6 Å². The molecule has 8 heteroatoms. The van der Waals surface area contributed by atoms with E-state index in [1.807, 2.05) is 13.8 Å². The predicted octanol–water partition coefficient (Wildman–Crippen LogP) is 2.29. The molecule has 0 saturated carbocycles. The second-order valence-corrected chi connectivity index (χ2v) is 7.39. The van der Waals surface area contributed by atoms with E-state index >= 15 is 0 Å². The zero-order chi connectivity index (χ0) is 14.0. The maximum absolute atomic E-state index is 12.1. The fraction of sp³-hybridized carbons (Fsp3) is 0.273. The van der Waals surface area contributed by atoms with Gasteiger partial charge in [-0.15, -0.1) is 21.5 Å². The van der Waals surface area contributed by atoms with Crippen LogP contribution in [0.4, 0.5) is 0 Å². The summed E-state index contributed by atoms with van der Waals surface area (Å²) >= 11 is 7.28. The summed E-state index contributed by atoms with van der Waals surface area (Å²) in [4.78, 5) is 0.143. The Morgan fingerprint density at radius 1 is 1.32 bits per heavy atom. The Morgan fingerprint density at radius 2 is 2.05 bits per heavy atom. The Bertz CT molecular complexity index is 698. The average Bonchev–Trinajstić information content (AvgIpc) is 2.76. The molecule has 5 nitrogen and oxygen atoms in total. The van der Waals surface area contributed by atoms with Crippen LogP contribution in [0.25, 0.3) is 0 Å². The van der Waals surface area contributed by atoms with E-state index in [4.69, 9.17) is 11.6 Å². The lowest BCUT2D eigenvalue weighted by molar-refractivity contribution is 0.581. The molecule has 1 heterocycles. The number of hydrogen-bond donors (Lipinski definition) is 1. The Morgan fingerprint density at radius 3 is 2.63 bits per heavy atom. The molecule has 0 saturated heterocycles. The smallest absolute Gasteiger partial charge is 0.207 e. The summed E-state index contributed by atoms with van der Waals surface area (Å²) in [6.45, 7) is 3.75. The zero-order valence-electron chi connectivity index (χ0n) is 10.3. The minimum absolute atomic E-state index is 0.124. The van der Waals surface area contributed by atoms with E-state index in [9.17, 15) is 8.42 Å². The Balaban J connectivity index is 2.16. The molecule has 2 rings (SSSR count). The first-order valence-electron chi connectivity index (χ1n) is 5.43. The molecular formula is C11H12ClN3O2S2. The number of rotatable bonds is 4. The highest BCUT2D eigenvalue weighted by atomic mass is 35.5. The molecule has 0 radical (unpaired) electrons. The number of nitrogens with one attached hydrogen (secondary N) is 1. The standard InChI is InChI=1S/C11H12ClN3O2S2/c1-7-3-4-9(5-10(7)12)19(16,17)13-6-11-15-14-8(2)18-11/h3-5,13H,6H2,1-2H3. The van der Waals surface area contributed by atoms with Crippen molar-refractivity contribution in [2.45, 2.75) is 25.3 Å². The van der Waals surface area contributed by atoms with Crippen LogP contribution < -0.4 is 4.72 Å². The summed E-state index contributed by atoms with van der Waals surface area (Å²) in [5.41, 5.74) is 0.834.